The molecule has 30 heavy (non-hydrogen) atoms. The summed E-state index contributed by atoms with van der Waals surface area (Å²) in [5, 5.41) is 13.0. The Kier molecular flexibility index (Phi) is 6.79. The predicted molar refractivity (Wildman–Crippen MR) is 116 cm³/mol. The van der Waals surface area contributed by atoms with E-state index in [2.05, 4.69) is 0 Å². The van der Waals surface area contributed by atoms with Crippen LogP contribution in [0.15, 0.2) is 41.3 Å². The highest BCUT2D eigenvalue weighted by Gasteiger charge is 2.46. The molecule has 2 aromatic rings. The number of aliphatic hydroxyl groups excluding tert-OH is 1. The Balaban J connectivity index is 2.06. The summed E-state index contributed by atoms with van der Waals surface area (Å²) >= 11 is 1.45. The van der Waals surface area contributed by atoms with Crippen LogP contribution in [-0.4, -0.2) is 68.0 Å². The van der Waals surface area contributed by atoms with Crippen molar-refractivity contribution in [2.75, 3.05) is 41.4 Å². The van der Waals surface area contributed by atoms with E-state index in [4.69, 9.17) is 9.47 Å². The van der Waals surface area contributed by atoms with Crippen molar-refractivity contribution >= 4 is 28.8 Å². The zero-order chi connectivity index (χ0) is 21.8. The maximum absolute atomic E-state index is 12.9. The number of methoxy groups -OCH3 is 2. The molecule has 1 amide bonds. The molecule has 1 aliphatic rings. The van der Waals surface area contributed by atoms with E-state index in [9.17, 15) is 14.7 Å². The monoisotopic (exact) mass is 430 g/mol. The Morgan fingerprint density at radius 3 is 2.50 bits per heavy atom. The molecule has 0 bridgehead atoms. The zero-order valence-electron chi connectivity index (χ0n) is 17.5. The largest absolute Gasteiger partial charge is 0.507 e. The summed E-state index contributed by atoms with van der Waals surface area (Å²) in [5.41, 5.74) is 0.486. The van der Waals surface area contributed by atoms with Crippen LogP contribution in [-0.2, 0) is 9.59 Å². The van der Waals surface area contributed by atoms with E-state index in [1.165, 1.54) is 25.6 Å². The predicted octanol–water partition coefficient (Wildman–Crippen LogP) is 3.14. The molecule has 0 radical (unpaired) electrons. The third kappa shape index (κ3) is 4.20. The number of nitrogens with zero attached hydrogens (tertiary/aromatic N) is 2. The quantitative estimate of drug-likeness (QED) is 0.394. The first-order valence-corrected chi connectivity index (χ1v) is 10.5. The second-order valence-corrected chi connectivity index (χ2v) is 8.21. The molecule has 1 aromatic heterocycles. The van der Waals surface area contributed by atoms with E-state index >= 15 is 0 Å². The minimum absolute atomic E-state index is 0.0968. The molecule has 1 aromatic carbocycles. The highest BCUT2D eigenvalue weighted by atomic mass is 32.1. The summed E-state index contributed by atoms with van der Waals surface area (Å²) in [7, 11) is 6.94. The van der Waals surface area contributed by atoms with E-state index in [1.54, 1.807) is 23.1 Å². The Hall–Kier alpha value is -2.84. The molecular formula is C22H26N2O5S. The van der Waals surface area contributed by atoms with Gasteiger partial charge in [-0.15, -0.1) is 11.3 Å². The van der Waals surface area contributed by atoms with E-state index < -0.39 is 17.7 Å². The van der Waals surface area contributed by atoms with Crippen LogP contribution >= 0.6 is 11.3 Å². The summed E-state index contributed by atoms with van der Waals surface area (Å²) in [6, 6.07) is 8.03. The molecule has 1 aliphatic heterocycles. The van der Waals surface area contributed by atoms with Crippen LogP contribution in [0.1, 0.15) is 22.9 Å². The number of ether oxygens (including phenoxy) is 2. The number of likely N-dealkylation sites (tertiary alicyclic amines) is 1. The van der Waals surface area contributed by atoms with Gasteiger partial charge in [-0.1, -0.05) is 6.07 Å². The maximum atomic E-state index is 12.9. The van der Waals surface area contributed by atoms with Gasteiger partial charge >= 0.3 is 0 Å². The second kappa shape index (κ2) is 9.32. The van der Waals surface area contributed by atoms with Gasteiger partial charge in [0.1, 0.15) is 5.76 Å². The number of hydrogen-bond acceptors (Lipinski definition) is 7. The van der Waals surface area contributed by atoms with Crippen molar-refractivity contribution in [1.82, 2.24) is 9.80 Å². The van der Waals surface area contributed by atoms with Crippen LogP contribution in [0.2, 0.25) is 0 Å². The van der Waals surface area contributed by atoms with Crippen molar-refractivity contribution in [3.8, 4) is 11.5 Å². The van der Waals surface area contributed by atoms with E-state index in [0.29, 0.717) is 23.6 Å². The third-order valence-electron chi connectivity index (χ3n) is 5.01. The Bertz CT molecular complexity index is 952. The molecule has 1 atom stereocenters. The van der Waals surface area contributed by atoms with Crippen molar-refractivity contribution < 1.29 is 24.2 Å². The lowest BCUT2D eigenvalue weighted by molar-refractivity contribution is -0.139. The first kappa shape index (κ1) is 21.9. The summed E-state index contributed by atoms with van der Waals surface area (Å²) < 4.78 is 10.6. The lowest BCUT2D eigenvalue weighted by Crippen LogP contribution is -2.32. The van der Waals surface area contributed by atoms with Crippen molar-refractivity contribution in [2.45, 2.75) is 12.5 Å². The summed E-state index contributed by atoms with van der Waals surface area (Å²) in [6.45, 7) is 1.21. The molecule has 160 valence electrons. The highest BCUT2D eigenvalue weighted by Crippen LogP contribution is 2.42. The zero-order valence-corrected chi connectivity index (χ0v) is 18.4. The van der Waals surface area contributed by atoms with Gasteiger partial charge in [-0.05, 0) is 56.7 Å². The number of amides is 1. The standard InChI is InChI=1S/C22H26N2O5S/c1-23(2)10-6-11-24-19(17-7-5-12-30-17)18(21(26)22(24)27)20(25)14-8-9-15(28-3)16(13-14)29-4/h5,7-9,12-13,19,25H,6,10-11H2,1-4H3/b20-18+/t19-/m1/s1. The molecule has 0 unspecified atom stereocenters. The molecule has 1 N–H and O–H groups in total. The topological polar surface area (TPSA) is 79.3 Å². The number of rotatable bonds is 8. The van der Waals surface area contributed by atoms with Gasteiger partial charge in [-0.25, -0.2) is 0 Å². The number of carbonyl (C=O) groups excluding carboxylic acids is 2. The minimum Gasteiger partial charge on any atom is -0.507 e. The molecule has 0 aliphatic carbocycles. The van der Waals surface area contributed by atoms with Crippen LogP contribution < -0.4 is 9.47 Å². The minimum atomic E-state index is -0.675. The fourth-order valence-electron chi connectivity index (χ4n) is 3.55. The highest BCUT2D eigenvalue weighted by molar-refractivity contribution is 7.10. The SMILES string of the molecule is COc1ccc(/C(O)=C2\C(=O)C(=O)N(CCCN(C)C)[C@@H]2c2cccs2)cc1OC. The smallest absolute Gasteiger partial charge is 0.295 e. The van der Waals surface area contributed by atoms with Crippen molar-refractivity contribution in [2.24, 2.45) is 0 Å². The van der Waals surface area contributed by atoms with Crippen molar-refractivity contribution in [3.63, 3.8) is 0 Å². The maximum Gasteiger partial charge on any atom is 0.295 e. The van der Waals surface area contributed by atoms with Crippen LogP contribution in [0.25, 0.3) is 5.76 Å². The van der Waals surface area contributed by atoms with Gasteiger partial charge in [-0.2, -0.15) is 0 Å². The molecule has 1 saturated heterocycles. The van der Waals surface area contributed by atoms with E-state index in [0.717, 1.165) is 17.8 Å². The van der Waals surface area contributed by atoms with Gasteiger partial charge in [-0.3, -0.25) is 9.59 Å². The number of ketones is 1. The molecule has 1 fully saturated rings. The molecule has 0 spiro atoms. The van der Waals surface area contributed by atoms with Crippen LogP contribution in [0.4, 0.5) is 0 Å². The van der Waals surface area contributed by atoms with Gasteiger partial charge in [0.15, 0.2) is 11.5 Å². The Morgan fingerprint density at radius 2 is 1.90 bits per heavy atom. The molecule has 0 saturated carbocycles. The third-order valence-corrected chi connectivity index (χ3v) is 5.94. The number of benzene rings is 1. The fourth-order valence-corrected chi connectivity index (χ4v) is 4.39. The number of aliphatic hydroxyl groups is 1. The normalized spacial score (nSPS) is 18.3. The van der Waals surface area contributed by atoms with Crippen molar-refractivity contribution in [1.29, 1.82) is 0 Å². The summed E-state index contributed by atoms with van der Waals surface area (Å²) in [5.74, 6) is -0.551. The summed E-state index contributed by atoms with van der Waals surface area (Å²) in [6.07, 6.45) is 0.721. The average molecular weight is 431 g/mol. The Morgan fingerprint density at radius 1 is 1.17 bits per heavy atom. The number of carbonyl (C=O) groups is 2. The lowest BCUT2D eigenvalue weighted by Gasteiger charge is -2.24. The fraction of sp³-hybridized carbons (Fsp3) is 0.364. The molecular weight excluding hydrogens is 404 g/mol. The van der Waals surface area contributed by atoms with Crippen LogP contribution in [0.3, 0.4) is 0 Å². The van der Waals surface area contributed by atoms with Crippen LogP contribution in [0.5, 0.6) is 11.5 Å². The average Bonchev–Trinajstić information content (AvgIpc) is 3.35. The van der Waals surface area contributed by atoms with E-state index in [1.807, 2.05) is 36.5 Å². The Labute approximate surface area is 180 Å². The molecule has 8 heteroatoms. The summed E-state index contributed by atoms with van der Waals surface area (Å²) in [4.78, 5) is 30.2. The van der Waals surface area contributed by atoms with E-state index in [-0.39, 0.29) is 11.3 Å². The van der Waals surface area contributed by atoms with Gasteiger partial charge < -0.3 is 24.4 Å². The lowest BCUT2D eigenvalue weighted by atomic mass is 9.99. The number of thiophene rings is 1. The second-order valence-electron chi connectivity index (χ2n) is 7.23. The van der Waals surface area contributed by atoms with Crippen LogP contribution in [0, 0.1) is 0 Å². The molecule has 2 heterocycles. The van der Waals surface area contributed by atoms with Gasteiger partial charge in [0.2, 0.25) is 0 Å². The van der Waals surface area contributed by atoms with Gasteiger partial charge in [0, 0.05) is 17.0 Å². The molecule has 7 nitrogen and oxygen atoms in total. The van der Waals surface area contributed by atoms with Gasteiger partial charge in [0.25, 0.3) is 11.7 Å². The van der Waals surface area contributed by atoms with Crippen molar-refractivity contribution in [3.05, 3.63) is 51.7 Å². The molecule has 3 rings (SSSR count). The first-order valence-electron chi connectivity index (χ1n) is 9.58. The first-order chi connectivity index (χ1) is 14.4. The van der Waals surface area contributed by atoms with Gasteiger partial charge in [0.05, 0.1) is 25.8 Å². The number of Topliss-reactive ketones (excluding diaryl/α,β-unsaturated/α-hetero) is 1. The number of hydrogen-bond donors (Lipinski definition) is 1.